The number of carbonyl (C=O) groups excluding carboxylic acids is 1. The van der Waals surface area contributed by atoms with E-state index in [9.17, 15) is 4.79 Å². The molecule has 0 aliphatic carbocycles. The number of benzene rings is 1. The number of amides is 1. The molecule has 2 aromatic rings. The van der Waals surface area contributed by atoms with Crippen molar-refractivity contribution in [2.45, 2.75) is 25.8 Å². The summed E-state index contributed by atoms with van der Waals surface area (Å²) in [6.07, 6.45) is 7.34. The highest BCUT2D eigenvalue weighted by atomic mass is 16.2. The summed E-state index contributed by atoms with van der Waals surface area (Å²) in [7, 11) is 0. The Balaban J connectivity index is 1.58. The second-order valence-electron chi connectivity index (χ2n) is 6.34. The number of aromatic nitrogens is 2. The van der Waals surface area contributed by atoms with Gasteiger partial charge in [0, 0.05) is 37.6 Å². The van der Waals surface area contributed by atoms with Crippen LogP contribution >= 0.6 is 0 Å². The highest BCUT2D eigenvalue weighted by Crippen LogP contribution is 2.13. The van der Waals surface area contributed by atoms with Crippen molar-refractivity contribution < 1.29 is 4.79 Å². The van der Waals surface area contributed by atoms with Gasteiger partial charge in [0.2, 0.25) is 0 Å². The van der Waals surface area contributed by atoms with Crippen molar-refractivity contribution in [3.63, 3.8) is 0 Å². The second kappa shape index (κ2) is 7.45. The van der Waals surface area contributed by atoms with Crippen LogP contribution in [0.3, 0.4) is 0 Å². The van der Waals surface area contributed by atoms with Gasteiger partial charge in [-0.05, 0) is 31.9 Å². The Labute approximate surface area is 143 Å². The van der Waals surface area contributed by atoms with Gasteiger partial charge >= 0.3 is 0 Å². The van der Waals surface area contributed by atoms with Crippen LogP contribution in [0.5, 0.6) is 0 Å². The van der Waals surface area contributed by atoms with Crippen LogP contribution in [0.2, 0.25) is 0 Å². The molecule has 1 aliphatic heterocycles. The molecular weight excluding hydrogens is 300 g/mol. The molecule has 1 aromatic heterocycles. The predicted octanol–water partition coefficient (Wildman–Crippen LogP) is 2.56. The van der Waals surface area contributed by atoms with Crippen LogP contribution in [-0.4, -0.2) is 46.0 Å². The minimum atomic E-state index is -0.0944. The van der Waals surface area contributed by atoms with Crippen molar-refractivity contribution in [2.75, 3.05) is 19.6 Å². The van der Waals surface area contributed by atoms with Gasteiger partial charge in [0.1, 0.15) is 12.0 Å². The number of hydrogen-bond acceptors (Lipinski definition) is 3. The minimum Gasteiger partial charge on any atom is -0.348 e. The summed E-state index contributed by atoms with van der Waals surface area (Å²) in [4.78, 5) is 19.0. The molecule has 0 saturated carbocycles. The Kier molecular flexibility index (Phi) is 5.11. The Morgan fingerprint density at radius 2 is 2.04 bits per heavy atom. The van der Waals surface area contributed by atoms with E-state index in [0.717, 1.165) is 38.2 Å². The first kappa shape index (κ1) is 16.5. The molecule has 24 heavy (non-hydrogen) atoms. The Bertz CT molecular complexity index is 696. The fourth-order valence-corrected chi connectivity index (χ4v) is 3.00. The third-order valence-corrected chi connectivity index (χ3v) is 4.46. The van der Waals surface area contributed by atoms with Crippen LogP contribution in [0.1, 0.15) is 28.9 Å². The molecule has 2 heterocycles. The van der Waals surface area contributed by atoms with Gasteiger partial charge < -0.3 is 9.88 Å². The molecule has 5 heteroatoms. The topological polar surface area (TPSA) is 50.2 Å². The second-order valence-corrected chi connectivity index (χ2v) is 6.34. The van der Waals surface area contributed by atoms with Crippen LogP contribution in [0.25, 0.3) is 5.69 Å². The number of piperidine rings is 1. The van der Waals surface area contributed by atoms with Gasteiger partial charge in [0.25, 0.3) is 5.91 Å². The lowest BCUT2D eigenvalue weighted by molar-refractivity contribution is 0.0909. The number of hydrogen-bond donors (Lipinski definition) is 1. The van der Waals surface area contributed by atoms with E-state index in [2.05, 4.69) is 28.7 Å². The maximum absolute atomic E-state index is 12.4. The van der Waals surface area contributed by atoms with E-state index in [1.807, 2.05) is 34.9 Å². The summed E-state index contributed by atoms with van der Waals surface area (Å²) < 4.78 is 1.88. The number of aryl methyl sites for hydroxylation is 1. The lowest BCUT2D eigenvalue weighted by Crippen LogP contribution is -2.44. The van der Waals surface area contributed by atoms with E-state index in [-0.39, 0.29) is 11.9 Å². The Hall–Kier alpha value is -2.40. The van der Waals surface area contributed by atoms with Crippen molar-refractivity contribution in [1.29, 1.82) is 0 Å². The number of imidazole rings is 1. The fraction of sp³-hybridized carbons (Fsp3) is 0.368. The van der Waals surface area contributed by atoms with Gasteiger partial charge in [-0.1, -0.05) is 23.8 Å². The van der Waals surface area contributed by atoms with Crippen LogP contribution in [0, 0.1) is 6.92 Å². The summed E-state index contributed by atoms with van der Waals surface area (Å²) in [5.74, 6) is -0.0944. The molecule has 1 aromatic carbocycles. The molecule has 5 nitrogen and oxygen atoms in total. The SMILES string of the molecule is C=CCN1CCC(NC(=O)c2cn(-c3ccc(C)cc3)cn2)CC1. The summed E-state index contributed by atoms with van der Waals surface area (Å²) >= 11 is 0. The molecular formula is C19H24N4O. The van der Waals surface area contributed by atoms with Crippen LogP contribution < -0.4 is 5.32 Å². The van der Waals surface area contributed by atoms with Crippen molar-refractivity contribution in [1.82, 2.24) is 19.8 Å². The third-order valence-electron chi connectivity index (χ3n) is 4.46. The minimum absolute atomic E-state index is 0.0944. The Morgan fingerprint density at radius 1 is 1.33 bits per heavy atom. The fourth-order valence-electron chi connectivity index (χ4n) is 3.00. The molecule has 0 unspecified atom stereocenters. The zero-order chi connectivity index (χ0) is 16.9. The normalized spacial score (nSPS) is 16.0. The highest BCUT2D eigenvalue weighted by molar-refractivity contribution is 5.92. The number of carbonyl (C=O) groups is 1. The van der Waals surface area contributed by atoms with Crippen molar-refractivity contribution in [2.24, 2.45) is 0 Å². The zero-order valence-electron chi connectivity index (χ0n) is 14.1. The Morgan fingerprint density at radius 3 is 2.71 bits per heavy atom. The van der Waals surface area contributed by atoms with E-state index in [4.69, 9.17) is 0 Å². The zero-order valence-corrected chi connectivity index (χ0v) is 14.1. The van der Waals surface area contributed by atoms with Crippen molar-refractivity contribution >= 4 is 5.91 Å². The molecule has 0 radical (unpaired) electrons. The van der Waals surface area contributed by atoms with Crippen molar-refractivity contribution in [3.8, 4) is 5.69 Å². The van der Waals surface area contributed by atoms with Gasteiger partial charge in [0.15, 0.2) is 0 Å². The first-order valence-corrected chi connectivity index (χ1v) is 8.41. The van der Waals surface area contributed by atoms with Crippen molar-refractivity contribution in [3.05, 3.63) is 60.7 Å². The predicted molar refractivity (Wildman–Crippen MR) is 95.4 cm³/mol. The molecule has 3 rings (SSSR count). The standard InChI is InChI=1S/C19H24N4O/c1-3-10-22-11-8-16(9-12-22)21-19(24)18-13-23(14-20-18)17-6-4-15(2)5-7-17/h3-7,13-14,16H,1,8-12H2,2H3,(H,21,24). The number of likely N-dealkylation sites (tertiary alicyclic amines) is 1. The maximum Gasteiger partial charge on any atom is 0.271 e. The summed E-state index contributed by atoms with van der Waals surface area (Å²) in [5, 5.41) is 3.10. The van der Waals surface area contributed by atoms with E-state index in [0.29, 0.717) is 5.69 Å². The molecule has 1 aliphatic rings. The molecule has 1 N–H and O–H groups in total. The lowest BCUT2D eigenvalue weighted by Gasteiger charge is -2.31. The smallest absolute Gasteiger partial charge is 0.271 e. The quantitative estimate of drug-likeness (QED) is 0.860. The summed E-state index contributed by atoms with van der Waals surface area (Å²) in [6.45, 7) is 8.73. The highest BCUT2D eigenvalue weighted by Gasteiger charge is 2.21. The van der Waals surface area contributed by atoms with Gasteiger partial charge in [-0.25, -0.2) is 4.98 Å². The largest absolute Gasteiger partial charge is 0.348 e. The van der Waals surface area contributed by atoms with Gasteiger partial charge in [-0.2, -0.15) is 0 Å². The van der Waals surface area contributed by atoms with E-state index >= 15 is 0 Å². The van der Waals surface area contributed by atoms with Gasteiger partial charge in [-0.3, -0.25) is 9.69 Å². The molecule has 0 bridgehead atoms. The lowest BCUT2D eigenvalue weighted by atomic mass is 10.0. The van der Waals surface area contributed by atoms with E-state index in [1.165, 1.54) is 5.56 Å². The number of nitrogens with one attached hydrogen (secondary N) is 1. The average Bonchev–Trinajstić information content (AvgIpc) is 3.08. The molecule has 1 fully saturated rings. The maximum atomic E-state index is 12.4. The van der Waals surface area contributed by atoms with Crippen LogP contribution in [0.15, 0.2) is 49.4 Å². The summed E-state index contributed by atoms with van der Waals surface area (Å²) in [5.41, 5.74) is 2.67. The van der Waals surface area contributed by atoms with Gasteiger partial charge in [0.05, 0.1) is 0 Å². The molecule has 0 atom stereocenters. The molecule has 1 saturated heterocycles. The van der Waals surface area contributed by atoms with E-state index in [1.54, 1.807) is 12.5 Å². The van der Waals surface area contributed by atoms with Crippen LogP contribution in [0.4, 0.5) is 0 Å². The third kappa shape index (κ3) is 3.92. The molecule has 0 spiro atoms. The summed E-state index contributed by atoms with van der Waals surface area (Å²) in [6, 6.07) is 8.36. The number of rotatable bonds is 5. The molecule has 126 valence electrons. The monoisotopic (exact) mass is 324 g/mol. The van der Waals surface area contributed by atoms with Gasteiger partial charge in [-0.15, -0.1) is 6.58 Å². The average molecular weight is 324 g/mol. The van der Waals surface area contributed by atoms with E-state index < -0.39 is 0 Å². The number of nitrogens with zero attached hydrogens (tertiary/aromatic N) is 3. The first-order chi connectivity index (χ1) is 11.7. The first-order valence-electron chi connectivity index (χ1n) is 8.41. The molecule has 1 amide bonds. The van der Waals surface area contributed by atoms with Crippen LogP contribution in [-0.2, 0) is 0 Å².